The molecule has 0 N–H and O–H groups in total. The van der Waals surface area contributed by atoms with E-state index in [0.717, 1.165) is 55.9 Å². The molecule has 1 radical (unpaired) electrons. The van der Waals surface area contributed by atoms with Crippen molar-refractivity contribution in [1.82, 2.24) is 15.0 Å². The van der Waals surface area contributed by atoms with Gasteiger partial charge in [0.15, 0.2) is 0 Å². The van der Waals surface area contributed by atoms with Crippen LogP contribution >= 0.6 is 0 Å². The van der Waals surface area contributed by atoms with Crippen LogP contribution in [0, 0.1) is 18.1 Å². The number of rotatable bonds is 7. The maximum atomic E-state index is 6.33. The van der Waals surface area contributed by atoms with Crippen LogP contribution in [0.5, 0.6) is 0 Å². The van der Waals surface area contributed by atoms with Gasteiger partial charge in [-0.3, -0.25) is 0 Å². The second kappa shape index (κ2) is 16.8. The van der Waals surface area contributed by atoms with E-state index in [0.29, 0.717) is 17.5 Å². The topological polar surface area (TPSA) is 51.8 Å². The van der Waals surface area contributed by atoms with Gasteiger partial charge in [0.25, 0.3) is 0 Å². The molecule has 4 heterocycles. The number of furan rings is 1. The van der Waals surface area contributed by atoms with Crippen LogP contribution in [-0.4, -0.2) is 23.0 Å². The van der Waals surface area contributed by atoms with E-state index in [1.807, 2.05) is 42.7 Å². The van der Waals surface area contributed by atoms with Crippen LogP contribution in [0.2, 0.25) is 19.6 Å². The molecule has 1 aliphatic carbocycles. The molecule has 0 bridgehead atoms. The zero-order valence-electron chi connectivity index (χ0n) is 31.7. The summed E-state index contributed by atoms with van der Waals surface area (Å²) in [6, 6.07) is 37.9. The van der Waals surface area contributed by atoms with Crippen LogP contribution in [0.3, 0.4) is 0 Å². The Morgan fingerprint density at radius 1 is 0.755 bits per heavy atom. The fourth-order valence-electron chi connectivity index (χ4n) is 7.76. The maximum Gasteiger partial charge on any atom is 0.216 e. The van der Waals surface area contributed by atoms with Crippen LogP contribution in [-0.2, 0) is 20.1 Å². The van der Waals surface area contributed by atoms with Crippen LogP contribution in [0.25, 0.3) is 55.7 Å². The Labute approximate surface area is 329 Å². The van der Waals surface area contributed by atoms with Gasteiger partial charge in [-0.25, -0.2) is 4.98 Å². The average Bonchev–Trinajstić information content (AvgIpc) is 3.58. The van der Waals surface area contributed by atoms with E-state index in [1.165, 1.54) is 48.4 Å². The number of pyridine rings is 3. The molecule has 1 atom stereocenters. The van der Waals surface area contributed by atoms with Crippen molar-refractivity contribution in [1.29, 1.82) is 0 Å². The Bertz CT molecular complexity index is 2270. The molecule has 0 spiro atoms. The van der Waals surface area contributed by atoms with E-state index in [-0.39, 0.29) is 20.1 Å². The molecule has 0 amide bonds. The summed E-state index contributed by atoms with van der Waals surface area (Å²) in [5.74, 6) is 1.83. The van der Waals surface area contributed by atoms with Gasteiger partial charge in [0.1, 0.15) is 0 Å². The summed E-state index contributed by atoms with van der Waals surface area (Å²) in [5, 5.41) is 3.57. The number of benzene rings is 3. The Balaban J connectivity index is 0.000000206. The Kier molecular flexibility index (Phi) is 12.2. The molecular weight excluding hydrogens is 843 g/mol. The van der Waals surface area contributed by atoms with Crippen molar-refractivity contribution in [3.05, 3.63) is 133 Å². The van der Waals surface area contributed by atoms with Crippen LogP contribution in [0.15, 0.2) is 114 Å². The summed E-state index contributed by atoms with van der Waals surface area (Å²) in [6.45, 7) is 14.0. The summed E-state index contributed by atoms with van der Waals surface area (Å²) in [7, 11) is -1.34. The zero-order valence-corrected chi connectivity index (χ0v) is 35.1. The van der Waals surface area contributed by atoms with Gasteiger partial charge in [-0.2, -0.15) is 0 Å². The minimum Gasteiger partial charge on any atom is -0.486 e. The first-order chi connectivity index (χ1) is 25.2. The number of fused-ring (bicyclic) bond motifs is 3. The van der Waals surface area contributed by atoms with Gasteiger partial charge in [0.05, 0.1) is 13.7 Å². The van der Waals surface area contributed by atoms with Crippen LogP contribution in [0.4, 0.5) is 0 Å². The normalized spacial score (nSPS) is 14.1. The van der Waals surface area contributed by atoms with Gasteiger partial charge in [0.2, 0.25) is 5.71 Å². The molecule has 0 aliphatic heterocycles. The number of nitrogens with zero attached hydrogens (tertiary/aromatic N) is 3. The largest absolute Gasteiger partial charge is 0.486 e. The third-order valence-electron chi connectivity index (χ3n) is 10.7. The molecule has 273 valence electrons. The number of aromatic nitrogens is 3. The van der Waals surface area contributed by atoms with Crippen molar-refractivity contribution in [3.63, 3.8) is 0 Å². The monoisotopic (exact) mass is 892 g/mol. The molecule has 4 aromatic heterocycles. The second-order valence-corrected chi connectivity index (χ2v) is 20.6. The fourth-order valence-corrected chi connectivity index (χ4v) is 9.44. The van der Waals surface area contributed by atoms with Crippen molar-refractivity contribution in [2.45, 2.75) is 84.4 Å². The quantitative estimate of drug-likeness (QED) is 0.118. The van der Waals surface area contributed by atoms with Gasteiger partial charge < -0.3 is 14.4 Å². The molecule has 53 heavy (non-hydrogen) atoms. The SMILES string of the molecule is CC(C)c1cc(-c2[c-]cccc2)ncc1[Si](C)(C)C.CC(c1ccnc(-c2[c-]ccc3c2oc2nccc(-c4ccccc4)c23)c1)C1CCCCC1.[Ir]. The molecule has 7 aromatic rings. The van der Waals surface area contributed by atoms with E-state index in [2.05, 4.69) is 129 Å². The Morgan fingerprint density at radius 3 is 2.23 bits per heavy atom. The van der Waals surface area contributed by atoms with E-state index in [4.69, 9.17) is 9.40 Å². The average molecular weight is 892 g/mol. The summed E-state index contributed by atoms with van der Waals surface area (Å²) >= 11 is 0. The summed E-state index contributed by atoms with van der Waals surface area (Å²) in [4.78, 5) is 13.9. The van der Waals surface area contributed by atoms with Crippen LogP contribution < -0.4 is 5.19 Å². The molecule has 4 nitrogen and oxygen atoms in total. The molecule has 1 unspecified atom stereocenters. The predicted octanol–water partition coefficient (Wildman–Crippen LogP) is 12.4. The van der Waals surface area contributed by atoms with Gasteiger partial charge in [0, 0.05) is 44.1 Å². The molecule has 0 saturated heterocycles. The van der Waals surface area contributed by atoms with Crippen molar-refractivity contribution in [2.75, 3.05) is 0 Å². The Hall–Kier alpha value is -4.22. The first-order valence-corrected chi connectivity index (χ1v) is 22.4. The van der Waals surface area contributed by atoms with Crippen LogP contribution in [0.1, 0.15) is 75.8 Å². The predicted molar refractivity (Wildman–Crippen MR) is 220 cm³/mol. The smallest absolute Gasteiger partial charge is 0.216 e. The zero-order chi connectivity index (χ0) is 36.2. The third-order valence-corrected chi connectivity index (χ3v) is 12.7. The first kappa shape index (κ1) is 38.5. The number of hydrogen-bond acceptors (Lipinski definition) is 4. The van der Waals surface area contributed by atoms with E-state index < -0.39 is 8.07 Å². The van der Waals surface area contributed by atoms with E-state index >= 15 is 0 Å². The van der Waals surface area contributed by atoms with Gasteiger partial charge in [-0.1, -0.05) is 124 Å². The second-order valence-electron chi connectivity index (χ2n) is 15.6. The molecule has 3 aromatic carbocycles. The molecule has 6 heteroatoms. The summed E-state index contributed by atoms with van der Waals surface area (Å²) in [5.41, 5.74) is 10.5. The molecule has 1 aliphatic rings. The molecule has 1 fully saturated rings. The van der Waals surface area contributed by atoms with Gasteiger partial charge >= 0.3 is 0 Å². The molecular formula is C47H49IrN3OSi-2. The van der Waals surface area contributed by atoms with E-state index in [1.54, 1.807) is 0 Å². The Morgan fingerprint density at radius 2 is 1.51 bits per heavy atom. The standard InChI is InChI=1S/C30H27N2O.C17H22NSi.Ir/c1-20(21-9-4-2-5-10-21)23-15-17-31-27(19-23)25-13-8-14-26-28-24(22-11-6-3-7-12-22)16-18-32-30(28)33-29(25)26;1-13(2)15-11-16(14-9-7-6-8-10-14)18-12-17(15)19(3,4)5;/h3,6-8,11-12,14-21H,2,4-5,9-10H2,1H3;6-9,11-13H,1-5H3;/q2*-1;. The fraction of sp³-hybridized carbons (Fsp3) is 0.298. The summed E-state index contributed by atoms with van der Waals surface area (Å²) < 4.78 is 6.33. The maximum absolute atomic E-state index is 6.33. The minimum atomic E-state index is -1.34. The number of hydrogen-bond donors (Lipinski definition) is 0. The third kappa shape index (κ3) is 8.46. The summed E-state index contributed by atoms with van der Waals surface area (Å²) in [6.07, 6.45) is 12.6. The van der Waals surface area contributed by atoms with Crippen molar-refractivity contribution in [2.24, 2.45) is 5.92 Å². The van der Waals surface area contributed by atoms with Crippen molar-refractivity contribution < 1.29 is 24.5 Å². The first-order valence-electron chi connectivity index (χ1n) is 18.9. The molecule has 1 saturated carbocycles. The van der Waals surface area contributed by atoms with Crippen molar-refractivity contribution in [3.8, 4) is 33.6 Å². The van der Waals surface area contributed by atoms with Gasteiger partial charge in [-0.15, -0.1) is 54.1 Å². The van der Waals surface area contributed by atoms with Crippen molar-refractivity contribution >= 4 is 35.3 Å². The van der Waals surface area contributed by atoms with E-state index in [9.17, 15) is 0 Å². The van der Waals surface area contributed by atoms with Gasteiger partial charge in [-0.05, 0) is 70.4 Å². The molecule has 8 rings (SSSR count). The minimum absolute atomic E-state index is 0.